The lowest BCUT2D eigenvalue weighted by Crippen LogP contribution is -2.14. The van der Waals surface area contributed by atoms with Gasteiger partial charge in [0.1, 0.15) is 0 Å². The minimum Gasteiger partial charge on any atom is -0.391 e. The van der Waals surface area contributed by atoms with E-state index in [2.05, 4.69) is 6.92 Å². The SMILES string of the molecule is CCCCC(O)COCc1ccccc1.Cc1ccc(S(=O)(=O)O)cc1. The molecule has 0 saturated heterocycles. The van der Waals surface area contributed by atoms with Gasteiger partial charge in [0.05, 0.1) is 24.2 Å². The van der Waals surface area contributed by atoms with Crippen LogP contribution in [0.15, 0.2) is 59.5 Å². The van der Waals surface area contributed by atoms with Crippen molar-refractivity contribution in [3.05, 3.63) is 65.7 Å². The second-order valence-corrected chi connectivity index (χ2v) is 7.51. The molecule has 2 aromatic carbocycles. The zero-order valence-electron chi connectivity index (χ0n) is 15.3. The van der Waals surface area contributed by atoms with Gasteiger partial charge in [-0.15, -0.1) is 0 Å². The van der Waals surface area contributed by atoms with Crippen LogP contribution in [0.3, 0.4) is 0 Å². The third-order valence-electron chi connectivity index (χ3n) is 3.63. The van der Waals surface area contributed by atoms with Gasteiger partial charge in [0.2, 0.25) is 0 Å². The van der Waals surface area contributed by atoms with E-state index in [1.165, 1.54) is 12.1 Å². The number of aryl methyl sites for hydroxylation is 1. The monoisotopic (exact) mass is 380 g/mol. The molecular weight excluding hydrogens is 352 g/mol. The summed E-state index contributed by atoms with van der Waals surface area (Å²) in [5.74, 6) is 0. The number of hydrogen-bond donors (Lipinski definition) is 2. The Morgan fingerprint density at radius 3 is 2.19 bits per heavy atom. The second-order valence-electron chi connectivity index (χ2n) is 6.08. The molecule has 0 aliphatic heterocycles. The van der Waals surface area contributed by atoms with Crippen molar-refractivity contribution in [2.75, 3.05) is 6.61 Å². The molecule has 0 radical (unpaired) electrons. The Balaban J connectivity index is 0.000000273. The van der Waals surface area contributed by atoms with Gasteiger partial charge in [-0.05, 0) is 31.0 Å². The molecule has 0 aliphatic rings. The lowest BCUT2D eigenvalue weighted by atomic mass is 10.2. The maximum absolute atomic E-state index is 10.5. The first-order chi connectivity index (χ1) is 12.3. The van der Waals surface area contributed by atoms with Crippen LogP contribution in [-0.4, -0.2) is 30.8 Å². The maximum atomic E-state index is 10.5. The third kappa shape index (κ3) is 9.68. The predicted octanol–water partition coefficient (Wildman–Crippen LogP) is 4.00. The van der Waals surface area contributed by atoms with Gasteiger partial charge in [0.15, 0.2) is 0 Å². The summed E-state index contributed by atoms with van der Waals surface area (Å²) >= 11 is 0. The van der Waals surface area contributed by atoms with E-state index in [0.29, 0.717) is 13.2 Å². The lowest BCUT2D eigenvalue weighted by Gasteiger charge is -2.10. The molecule has 0 spiro atoms. The first-order valence-electron chi connectivity index (χ1n) is 8.66. The number of hydrogen-bond acceptors (Lipinski definition) is 4. The summed E-state index contributed by atoms with van der Waals surface area (Å²) in [4.78, 5) is -0.0666. The fourth-order valence-electron chi connectivity index (χ4n) is 2.12. The summed E-state index contributed by atoms with van der Waals surface area (Å²) in [7, 11) is -4.02. The van der Waals surface area contributed by atoms with Gasteiger partial charge < -0.3 is 9.84 Å². The fraction of sp³-hybridized carbons (Fsp3) is 0.400. The van der Waals surface area contributed by atoms with Gasteiger partial charge in [-0.2, -0.15) is 8.42 Å². The molecule has 0 bridgehead atoms. The molecule has 1 unspecified atom stereocenters. The van der Waals surface area contributed by atoms with Crippen LogP contribution >= 0.6 is 0 Å². The van der Waals surface area contributed by atoms with Gasteiger partial charge >= 0.3 is 0 Å². The normalized spacial score (nSPS) is 12.2. The van der Waals surface area contributed by atoms with E-state index in [-0.39, 0.29) is 11.0 Å². The van der Waals surface area contributed by atoms with E-state index >= 15 is 0 Å². The van der Waals surface area contributed by atoms with Gasteiger partial charge in [0, 0.05) is 0 Å². The summed E-state index contributed by atoms with van der Waals surface area (Å²) < 4.78 is 35.0. The predicted molar refractivity (Wildman–Crippen MR) is 103 cm³/mol. The van der Waals surface area contributed by atoms with Crippen molar-refractivity contribution >= 4 is 10.1 Å². The van der Waals surface area contributed by atoms with Crippen LogP contribution in [0.25, 0.3) is 0 Å². The number of aliphatic hydroxyl groups excluding tert-OH is 1. The quantitative estimate of drug-likeness (QED) is 0.676. The summed E-state index contributed by atoms with van der Waals surface area (Å²) in [6.07, 6.45) is 2.71. The molecule has 0 amide bonds. The number of benzene rings is 2. The lowest BCUT2D eigenvalue weighted by molar-refractivity contribution is 0.0236. The van der Waals surface area contributed by atoms with E-state index in [4.69, 9.17) is 9.29 Å². The molecule has 26 heavy (non-hydrogen) atoms. The average Bonchev–Trinajstić information content (AvgIpc) is 2.61. The topological polar surface area (TPSA) is 83.8 Å². The van der Waals surface area contributed by atoms with Crippen molar-refractivity contribution in [1.29, 1.82) is 0 Å². The van der Waals surface area contributed by atoms with Crippen molar-refractivity contribution in [2.24, 2.45) is 0 Å². The summed E-state index contributed by atoms with van der Waals surface area (Å²) in [5.41, 5.74) is 2.11. The molecule has 2 aromatic rings. The van der Waals surface area contributed by atoms with Crippen LogP contribution in [0.1, 0.15) is 37.3 Å². The maximum Gasteiger partial charge on any atom is 0.294 e. The Hall–Kier alpha value is -1.73. The van der Waals surface area contributed by atoms with Gasteiger partial charge in [0.25, 0.3) is 10.1 Å². The Labute approximate surface area is 156 Å². The zero-order chi connectivity index (χ0) is 19.4. The minimum atomic E-state index is -4.02. The molecule has 0 aliphatic carbocycles. The minimum absolute atomic E-state index is 0.0666. The average molecular weight is 381 g/mol. The van der Waals surface area contributed by atoms with Gasteiger partial charge in [-0.3, -0.25) is 4.55 Å². The molecule has 0 fully saturated rings. The molecule has 2 N–H and O–H groups in total. The number of aliphatic hydroxyl groups is 1. The summed E-state index contributed by atoms with van der Waals surface area (Å²) in [6, 6.07) is 16.0. The zero-order valence-corrected chi connectivity index (χ0v) is 16.2. The molecule has 6 heteroatoms. The largest absolute Gasteiger partial charge is 0.391 e. The molecular formula is C20H28O5S. The molecule has 2 rings (SSSR count). The van der Waals surface area contributed by atoms with Crippen molar-refractivity contribution in [2.45, 2.75) is 50.7 Å². The van der Waals surface area contributed by atoms with E-state index in [0.717, 1.165) is 30.4 Å². The molecule has 0 saturated carbocycles. The summed E-state index contributed by atoms with van der Waals surface area (Å²) in [5, 5.41) is 9.53. The van der Waals surface area contributed by atoms with Crippen molar-refractivity contribution in [1.82, 2.24) is 0 Å². The van der Waals surface area contributed by atoms with Gasteiger partial charge in [-0.25, -0.2) is 0 Å². The van der Waals surface area contributed by atoms with Crippen LogP contribution in [-0.2, 0) is 21.5 Å². The Bertz CT molecular complexity index is 712. The van der Waals surface area contributed by atoms with Crippen LogP contribution in [0.5, 0.6) is 0 Å². The van der Waals surface area contributed by atoms with Crippen LogP contribution < -0.4 is 0 Å². The van der Waals surface area contributed by atoms with Crippen molar-refractivity contribution in [3.63, 3.8) is 0 Å². The van der Waals surface area contributed by atoms with Crippen LogP contribution in [0, 0.1) is 6.92 Å². The molecule has 144 valence electrons. The van der Waals surface area contributed by atoms with E-state index < -0.39 is 10.1 Å². The smallest absolute Gasteiger partial charge is 0.294 e. The highest BCUT2D eigenvalue weighted by molar-refractivity contribution is 7.85. The number of unbranched alkanes of at least 4 members (excludes halogenated alkanes) is 1. The Kier molecular flexibility index (Phi) is 10.1. The number of rotatable bonds is 8. The van der Waals surface area contributed by atoms with Crippen molar-refractivity contribution < 1.29 is 22.8 Å². The standard InChI is InChI=1S/C13H20O2.C7H8O3S/c1-2-3-9-13(14)11-15-10-12-7-5-4-6-8-12;1-6-2-4-7(5-3-6)11(8,9)10/h4-8,13-14H,2-3,9-11H2,1H3;2-5H,1H3,(H,8,9,10). The Morgan fingerprint density at radius 2 is 1.65 bits per heavy atom. The molecule has 0 heterocycles. The van der Waals surface area contributed by atoms with E-state index in [1.54, 1.807) is 12.1 Å². The fourth-order valence-corrected chi connectivity index (χ4v) is 2.60. The van der Waals surface area contributed by atoms with Gasteiger partial charge in [-0.1, -0.05) is 67.8 Å². The van der Waals surface area contributed by atoms with Crippen molar-refractivity contribution in [3.8, 4) is 0 Å². The van der Waals surface area contributed by atoms with E-state index in [9.17, 15) is 13.5 Å². The molecule has 1 atom stereocenters. The third-order valence-corrected chi connectivity index (χ3v) is 4.50. The highest BCUT2D eigenvalue weighted by Crippen LogP contribution is 2.08. The van der Waals surface area contributed by atoms with Crippen LogP contribution in [0.4, 0.5) is 0 Å². The molecule has 0 aromatic heterocycles. The first kappa shape index (κ1) is 22.3. The highest BCUT2D eigenvalue weighted by atomic mass is 32.2. The summed E-state index contributed by atoms with van der Waals surface area (Å²) in [6.45, 7) is 4.99. The molecule has 5 nitrogen and oxygen atoms in total. The van der Waals surface area contributed by atoms with E-state index in [1.807, 2.05) is 37.3 Å². The first-order valence-corrected chi connectivity index (χ1v) is 10.1. The second kappa shape index (κ2) is 11.8. The number of ether oxygens (including phenoxy) is 1. The highest BCUT2D eigenvalue weighted by Gasteiger charge is 2.06. The Morgan fingerprint density at radius 1 is 1.04 bits per heavy atom. The van der Waals surface area contributed by atoms with Crippen LogP contribution in [0.2, 0.25) is 0 Å².